The van der Waals surface area contributed by atoms with Gasteiger partial charge in [0.05, 0.1) is 13.0 Å². The lowest BCUT2D eigenvalue weighted by atomic mass is 9.72. The van der Waals surface area contributed by atoms with Gasteiger partial charge >= 0.3 is 18.3 Å². The minimum absolute atomic E-state index is 0.0228. The van der Waals surface area contributed by atoms with Crippen molar-refractivity contribution in [3.05, 3.63) is 0 Å². The molecule has 2 bridgehead atoms. The number of ether oxygens (including phenoxy) is 1. The predicted octanol–water partition coefficient (Wildman–Crippen LogP) is 4.58. The van der Waals surface area contributed by atoms with Crippen LogP contribution >= 0.6 is 0 Å². The van der Waals surface area contributed by atoms with Crippen molar-refractivity contribution in [1.29, 1.82) is 0 Å². The fourth-order valence-electron chi connectivity index (χ4n) is 3.71. The SMILES string of the molecule is CCC(C)C(=O)OC.OC(C(F)(F)F)(C(F)(F)F)C1(F)CC2CCC1C2. The standard InChI is InChI=1S/C10H11F7O.C6H12O2/c11-7(4-5-1-2-6(7)3-5)8(18,9(12,13)14)10(15,16)17;1-4-5(2)6(7)8-3/h5-6,18H,1-4H2;5H,4H2,1-3H3. The second-order valence-electron chi connectivity index (χ2n) is 6.98. The molecule has 26 heavy (non-hydrogen) atoms. The second kappa shape index (κ2) is 7.52. The fourth-order valence-corrected chi connectivity index (χ4v) is 3.71. The molecule has 0 aromatic carbocycles. The van der Waals surface area contributed by atoms with E-state index in [1.165, 1.54) is 7.11 Å². The number of hydrogen-bond donors (Lipinski definition) is 1. The van der Waals surface area contributed by atoms with Crippen molar-refractivity contribution in [2.24, 2.45) is 17.8 Å². The number of methoxy groups -OCH3 is 1. The molecule has 4 unspecified atom stereocenters. The average Bonchev–Trinajstić information content (AvgIpc) is 3.11. The lowest BCUT2D eigenvalue weighted by Crippen LogP contribution is -2.70. The monoisotopic (exact) mass is 396 g/mol. The fraction of sp³-hybridized carbons (Fsp3) is 0.938. The van der Waals surface area contributed by atoms with E-state index in [9.17, 15) is 35.5 Å². The van der Waals surface area contributed by atoms with Crippen LogP contribution in [-0.4, -0.2) is 41.8 Å². The molecule has 0 saturated heterocycles. The Morgan fingerprint density at radius 3 is 1.92 bits per heavy atom. The molecule has 0 spiro atoms. The van der Waals surface area contributed by atoms with E-state index in [-0.39, 0.29) is 24.7 Å². The van der Waals surface area contributed by atoms with Crippen LogP contribution in [0.25, 0.3) is 0 Å². The lowest BCUT2D eigenvalue weighted by molar-refractivity contribution is -0.408. The average molecular weight is 396 g/mol. The highest BCUT2D eigenvalue weighted by Gasteiger charge is 2.83. The summed E-state index contributed by atoms with van der Waals surface area (Å²) in [6.07, 6.45) is -11.8. The molecule has 2 aliphatic carbocycles. The lowest BCUT2D eigenvalue weighted by Gasteiger charge is -2.45. The van der Waals surface area contributed by atoms with Crippen molar-refractivity contribution in [3.8, 4) is 0 Å². The first-order valence-corrected chi connectivity index (χ1v) is 8.28. The first-order chi connectivity index (χ1) is 11.7. The zero-order valence-corrected chi connectivity index (χ0v) is 14.7. The third-order valence-electron chi connectivity index (χ3n) is 5.41. The van der Waals surface area contributed by atoms with Gasteiger partial charge in [0.2, 0.25) is 0 Å². The number of halogens is 7. The second-order valence-corrected chi connectivity index (χ2v) is 6.98. The van der Waals surface area contributed by atoms with Gasteiger partial charge in [-0.05, 0) is 43.9 Å². The largest absolute Gasteiger partial charge is 0.469 e. The maximum Gasteiger partial charge on any atom is 0.429 e. The van der Waals surface area contributed by atoms with E-state index in [0.29, 0.717) is 6.42 Å². The van der Waals surface area contributed by atoms with E-state index >= 15 is 0 Å². The number of aliphatic hydroxyl groups is 1. The normalized spacial score (nSPS) is 29.8. The number of alkyl halides is 7. The van der Waals surface area contributed by atoms with Crippen molar-refractivity contribution in [2.45, 2.75) is 69.6 Å². The molecule has 0 aromatic heterocycles. The molecule has 154 valence electrons. The van der Waals surface area contributed by atoms with Gasteiger partial charge in [-0.1, -0.05) is 13.8 Å². The van der Waals surface area contributed by atoms with E-state index in [2.05, 4.69) is 4.74 Å². The van der Waals surface area contributed by atoms with Gasteiger partial charge in [-0.15, -0.1) is 0 Å². The Morgan fingerprint density at radius 2 is 1.69 bits per heavy atom. The summed E-state index contributed by atoms with van der Waals surface area (Å²) in [5.74, 6) is -1.94. The molecule has 2 saturated carbocycles. The molecule has 1 N–H and O–H groups in total. The number of carbonyl (C=O) groups excluding carboxylic acids is 1. The molecule has 3 nitrogen and oxygen atoms in total. The van der Waals surface area contributed by atoms with Crippen LogP contribution in [0.15, 0.2) is 0 Å². The van der Waals surface area contributed by atoms with E-state index in [1.807, 2.05) is 13.8 Å². The Hall–Kier alpha value is -1.06. The van der Waals surface area contributed by atoms with Gasteiger partial charge < -0.3 is 9.84 Å². The van der Waals surface area contributed by atoms with E-state index in [0.717, 1.165) is 6.42 Å². The molecule has 10 heteroatoms. The van der Waals surface area contributed by atoms with Crippen LogP contribution in [0.2, 0.25) is 0 Å². The molecular formula is C16H23F7O3. The molecule has 4 atom stereocenters. The predicted molar refractivity (Wildman–Crippen MR) is 77.8 cm³/mol. The highest BCUT2D eigenvalue weighted by molar-refractivity contribution is 5.71. The summed E-state index contributed by atoms with van der Waals surface area (Å²) in [6.45, 7) is 3.81. The first-order valence-electron chi connectivity index (χ1n) is 8.28. The molecule has 0 radical (unpaired) electrons. The van der Waals surface area contributed by atoms with Gasteiger partial charge in [0.15, 0.2) is 5.67 Å². The Bertz CT molecular complexity index is 489. The number of carbonyl (C=O) groups is 1. The third kappa shape index (κ3) is 3.80. The van der Waals surface area contributed by atoms with Crippen LogP contribution in [-0.2, 0) is 9.53 Å². The van der Waals surface area contributed by atoms with Crippen molar-refractivity contribution in [1.82, 2.24) is 0 Å². The quantitative estimate of drug-likeness (QED) is 0.561. The summed E-state index contributed by atoms with van der Waals surface area (Å²) >= 11 is 0. The molecule has 0 amide bonds. The number of rotatable bonds is 3. The van der Waals surface area contributed by atoms with Gasteiger partial charge in [-0.3, -0.25) is 4.79 Å². The maximum atomic E-state index is 14.4. The molecule has 2 fully saturated rings. The van der Waals surface area contributed by atoms with Crippen molar-refractivity contribution < 1.29 is 45.4 Å². The van der Waals surface area contributed by atoms with Crippen molar-refractivity contribution in [3.63, 3.8) is 0 Å². The third-order valence-corrected chi connectivity index (χ3v) is 5.41. The van der Waals surface area contributed by atoms with Crippen LogP contribution in [0, 0.1) is 17.8 Å². The minimum Gasteiger partial charge on any atom is -0.469 e. The van der Waals surface area contributed by atoms with Gasteiger partial charge in [-0.2, -0.15) is 26.3 Å². The molecule has 2 rings (SSSR count). The topological polar surface area (TPSA) is 46.5 Å². The number of hydrogen-bond acceptors (Lipinski definition) is 3. The summed E-state index contributed by atoms with van der Waals surface area (Å²) in [7, 11) is 1.41. The zero-order valence-electron chi connectivity index (χ0n) is 14.7. The van der Waals surface area contributed by atoms with E-state index in [4.69, 9.17) is 5.11 Å². The molecular weight excluding hydrogens is 373 g/mol. The minimum atomic E-state index is -6.08. The highest BCUT2D eigenvalue weighted by atomic mass is 19.4. The molecule has 2 aliphatic rings. The Labute approximate surface area is 146 Å². The van der Waals surface area contributed by atoms with Gasteiger partial charge in [-0.25, -0.2) is 4.39 Å². The molecule has 0 aromatic rings. The van der Waals surface area contributed by atoms with E-state index < -0.39 is 41.9 Å². The highest BCUT2D eigenvalue weighted by Crippen LogP contribution is 2.63. The van der Waals surface area contributed by atoms with Crippen LogP contribution in [0.4, 0.5) is 30.7 Å². The Morgan fingerprint density at radius 1 is 1.19 bits per heavy atom. The van der Waals surface area contributed by atoms with Gasteiger partial charge in [0, 0.05) is 0 Å². The van der Waals surface area contributed by atoms with Crippen LogP contribution < -0.4 is 0 Å². The van der Waals surface area contributed by atoms with Crippen LogP contribution in [0.1, 0.15) is 46.0 Å². The van der Waals surface area contributed by atoms with Crippen LogP contribution in [0.5, 0.6) is 0 Å². The van der Waals surface area contributed by atoms with E-state index in [1.54, 1.807) is 0 Å². The summed E-state index contributed by atoms with van der Waals surface area (Å²) in [5.41, 5.74) is -8.93. The summed E-state index contributed by atoms with van der Waals surface area (Å²) in [4.78, 5) is 10.5. The van der Waals surface area contributed by atoms with Gasteiger partial charge in [0.25, 0.3) is 5.60 Å². The summed E-state index contributed by atoms with van der Waals surface area (Å²) < 4.78 is 94.5. The summed E-state index contributed by atoms with van der Waals surface area (Å²) in [6, 6.07) is 0. The Kier molecular flexibility index (Phi) is 6.64. The van der Waals surface area contributed by atoms with Crippen molar-refractivity contribution >= 4 is 5.97 Å². The van der Waals surface area contributed by atoms with Crippen LogP contribution in [0.3, 0.4) is 0 Å². The number of fused-ring (bicyclic) bond motifs is 2. The summed E-state index contributed by atoms with van der Waals surface area (Å²) in [5, 5.41) is 9.14. The molecule has 0 heterocycles. The molecule has 0 aliphatic heterocycles. The number of esters is 1. The van der Waals surface area contributed by atoms with Gasteiger partial charge in [0.1, 0.15) is 0 Å². The smallest absolute Gasteiger partial charge is 0.429 e. The first kappa shape index (κ1) is 23.0. The van der Waals surface area contributed by atoms with Crippen molar-refractivity contribution in [2.75, 3.05) is 7.11 Å². The Balaban J connectivity index is 0.000000359. The maximum absolute atomic E-state index is 14.4. The zero-order chi connectivity index (χ0) is 20.6.